The number of nitrogens with zero attached hydrogens (tertiary/aromatic N) is 1. The lowest BCUT2D eigenvalue weighted by Gasteiger charge is -2.13. The van der Waals surface area contributed by atoms with E-state index in [-0.39, 0.29) is 12.5 Å². The average molecular weight is 489 g/mol. The quantitative estimate of drug-likeness (QED) is 0.261. The molecule has 0 saturated carbocycles. The Bertz CT molecular complexity index is 1400. The third kappa shape index (κ3) is 4.76. The van der Waals surface area contributed by atoms with Gasteiger partial charge in [0.25, 0.3) is 5.91 Å². The summed E-state index contributed by atoms with van der Waals surface area (Å²) in [4.78, 5) is 26.8. The Kier molecular flexibility index (Phi) is 7.41. The van der Waals surface area contributed by atoms with Gasteiger partial charge in [-0.25, -0.2) is 4.79 Å². The number of aromatic nitrogens is 1. The number of nitrogens with one attached hydrogen (secondary N) is 1. The van der Waals surface area contributed by atoms with Gasteiger partial charge in [0.15, 0.2) is 0 Å². The molecule has 182 valence electrons. The van der Waals surface area contributed by atoms with Gasteiger partial charge in [0, 0.05) is 28.4 Å². The van der Waals surface area contributed by atoms with E-state index in [1.807, 2.05) is 50.4 Å². The summed E-state index contributed by atoms with van der Waals surface area (Å²) in [5.74, 6) is -0.642. The summed E-state index contributed by atoms with van der Waals surface area (Å²) >= 11 is 1.36. The van der Waals surface area contributed by atoms with Crippen molar-refractivity contribution in [1.29, 1.82) is 0 Å². The number of rotatable bonds is 8. The number of unbranched alkanes of at least 4 members (excludes halogenated alkanes) is 1. The number of ether oxygens (including phenoxy) is 1. The maximum Gasteiger partial charge on any atom is 0.341 e. The molecule has 35 heavy (non-hydrogen) atoms. The predicted molar refractivity (Wildman–Crippen MR) is 145 cm³/mol. The number of carbonyl (C=O) groups is 2. The molecule has 2 heterocycles. The molecule has 4 rings (SSSR count). The van der Waals surface area contributed by atoms with Gasteiger partial charge in [-0.2, -0.15) is 0 Å². The summed E-state index contributed by atoms with van der Waals surface area (Å²) in [7, 11) is 0. The molecule has 2 aromatic heterocycles. The molecule has 5 nitrogen and oxygen atoms in total. The fraction of sp³-hybridized carbons (Fsp3) is 0.310. The minimum atomic E-state index is -0.428. The van der Waals surface area contributed by atoms with Gasteiger partial charge in [0.1, 0.15) is 16.3 Å². The standard InChI is InChI=1S/C29H32N2O3S/c1-6-8-15-31-24-12-10-9-11-22(24)20(5)26(31)27(32)30-28-25(29(33)34-7-2)23(17-35-28)21-14-13-18(3)16-19(21)4/h9-14,16-17H,6-8,15H2,1-5H3,(H,30,32). The molecule has 1 amide bonds. The number of para-hydroxylation sites is 1. The van der Waals surface area contributed by atoms with E-state index in [1.165, 1.54) is 11.3 Å². The molecular weight excluding hydrogens is 456 g/mol. The topological polar surface area (TPSA) is 60.3 Å². The van der Waals surface area contributed by atoms with Gasteiger partial charge in [-0.3, -0.25) is 4.79 Å². The van der Waals surface area contributed by atoms with Crippen molar-refractivity contribution < 1.29 is 14.3 Å². The normalized spacial score (nSPS) is 11.1. The number of carbonyl (C=O) groups excluding carboxylic acids is 2. The van der Waals surface area contributed by atoms with Gasteiger partial charge in [-0.1, -0.05) is 55.3 Å². The van der Waals surface area contributed by atoms with Crippen molar-refractivity contribution in [2.75, 3.05) is 11.9 Å². The summed E-state index contributed by atoms with van der Waals surface area (Å²) < 4.78 is 7.50. The molecule has 1 N–H and O–H groups in total. The van der Waals surface area contributed by atoms with Gasteiger partial charge in [-0.15, -0.1) is 11.3 Å². The first kappa shape index (κ1) is 24.7. The first-order chi connectivity index (χ1) is 16.9. The Hall–Kier alpha value is -3.38. The van der Waals surface area contributed by atoms with Crippen molar-refractivity contribution >= 4 is 39.1 Å². The largest absolute Gasteiger partial charge is 0.462 e. The van der Waals surface area contributed by atoms with Gasteiger partial charge in [0.05, 0.1) is 6.61 Å². The van der Waals surface area contributed by atoms with Gasteiger partial charge in [-0.05, 0) is 56.9 Å². The van der Waals surface area contributed by atoms with Gasteiger partial charge < -0.3 is 14.6 Å². The van der Waals surface area contributed by atoms with Crippen molar-refractivity contribution in [1.82, 2.24) is 4.57 Å². The first-order valence-corrected chi connectivity index (χ1v) is 13.0. The van der Waals surface area contributed by atoms with Crippen molar-refractivity contribution in [3.63, 3.8) is 0 Å². The number of hydrogen-bond acceptors (Lipinski definition) is 4. The first-order valence-electron chi connectivity index (χ1n) is 12.1. The molecule has 0 aliphatic heterocycles. The van der Waals surface area contributed by atoms with Crippen LogP contribution in [0.2, 0.25) is 0 Å². The monoisotopic (exact) mass is 488 g/mol. The molecule has 4 aromatic rings. The number of benzene rings is 2. The van der Waals surface area contributed by atoms with Crippen LogP contribution in [0, 0.1) is 20.8 Å². The number of amides is 1. The molecule has 6 heteroatoms. The lowest BCUT2D eigenvalue weighted by molar-refractivity contribution is 0.0529. The van der Waals surface area contributed by atoms with Crippen LogP contribution in [0.3, 0.4) is 0 Å². The highest BCUT2D eigenvalue weighted by Gasteiger charge is 2.26. The Balaban J connectivity index is 1.79. The lowest BCUT2D eigenvalue weighted by Crippen LogP contribution is -2.19. The molecule has 0 fully saturated rings. The average Bonchev–Trinajstić information content (AvgIpc) is 3.36. The van der Waals surface area contributed by atoms with Crippen LogP contribution in [0.25, 0.3) is 22.0 Å². The molecule has 0 aliphatic carbocycles. The van der Waals surface area contributed by atoms with Crippen molar-refractivity contribution in [2.45, 2.75) is 54.0 Å². The molecule has 0 spiro atoms. The molecular formula is C29H32N2O3S. The predicted octanol–water partition coefficient (Wildman–Crippen LogP) is 7.52. The van der Waals surface area contributed by atoms with Crippen LogP contribution in [0.1, 0.15) is 64.2 Å². The smallest absolute Gasteiger partial charge is 0.341 e. The molecule has 2 aromatic carbocycles. The zero-order chi connectivity index (χ0) is 25.1. The van der Waals surface area contributed by atoms with Crippen molar-refractivity contribution in [3.05, 3.63) is 75.8 Å². The van der Waals surface area contributed by atoms with Crippen LogP contribution in [-0.4, -0.2) is 23.1 Å². The molecule has 0 saturated heterocycles. The fourth-order valence-corrected chi connectivity index (χ4v) is 5.59. The molecule has 0 radical (unpaired) electrons. The fourth-order valence-electron chi connectivity index (χ4n) is 4.65. The highest BCUT2D eigenvalue weighted by atomic mass is 32.1. The van der Waals surface area contributed by atoms with E-state index in [0.717, 1.165) is 58.1 Å². The Labute approximate surface area is 210 Å². The van der Waals surface area contributed by atoms with Crippen LogP contribution < -0.4 is 5.32 Å². The third-order valence-corrected chi connectivity index (χ3v) is 7.24. The Morgan fingerprint density at radius 2 is 1.80 bits per heavy atom. The Morgan fingerprint density at radius 3 is 2.51 bits per heavy atom. The van der Waals surface area contributed by atoms with Crippen LogP contribution in [0.5, 0.6) is 0 Å². The second-order valence-corrected chi connectivity index (χ2v) is 9.72. The zero-order valence-corrected chi connectivity index (χ0v) is 21.8. The van der Waals surface area contributed by atoms with Crippen molar-refractivity contribution in [2.24, 2.45) is 0 Å². The van der Waals surface area contributed by atoms with E-state index in [1.54, 1.807) is 6.92 Å². The summed E-state index contributed by atoms with van der Waals surface area (Å²) in [6.45, 7) is 11.0. The highest BCUT2D eigenvalue weighted by Crippen LogP contribution is 2.38. The Morgan fingerprint density at radius 1 is 1.03 bits per heavy atom. The zero-order valence-electron chi connectivity index (χ0n) is 21.0. The van der Waals surface area contributed by atoms with Crippen molar-refractivity contribution in [3.8, 4) is 11.1 Å². The van der Waals surface area contributed by atoms with E-state index in [0.29, 0.717) is 16.3 Å². The minimum Gasteiger partial charge on any atom is -0.462 e. The molecule has 0 unspecified atom stereocenters. The minimum absolute atomic E-state index is 0.214. The van der Waals surface area contributed by atoms with E-state index >= 15 is 0 Å². The molecule has 0 atom stereocenters. The number of esters is 1. The summed E-state index contributed by atoms with van der Waals surface area (Å²) in [6.07, 6.45) is 2.01. The summed E-state index contributed by atoms with van der Waals surface area (Å²) in [5.41, 5.74) is 7.01. The number of hydrogen-bond donors (Lipinski definition) is 1. The van der Waals surface area contributed by atoms with Gasteiger partial charge in [0.2, 0.25) is 0 Å². The van der Waals surface area contributed by atoms with Crippen LogP contribution >= 0.6 is 11.3 Å². The second-order valence-electron chi connectivity index (χ2n) is 8.84. The number of thiophene rings is 1. The van der Waals surface area contributed by atoms with Gasteiger partial charge >= 0.3 is 5.97 Å². The van der Waals surface area contributed by atoms with E-state index in [9.17, 15) is 9.59 Å². The maximum atomic E-state index is 13.7. The molecule has 0 bridgehead atoms. The van der Waals surface area contributed by atoms with Crippen LogP contribution in [0.15, 0.2) is 47.8 Å². The van der Waals surface area contributed by atoms with E-state index in [2.05, 4.69) is 35.0 Å². The summed E-state index contributed by atoms with van der Waals surface area (Å²) in [6, 6.07) is 14.3. The maximum absolute atomic E-state index is 13.7. The SMILES string of the molecule is CCCCn1c(C(=O)Nc2scc(-c3ccc(C)cc3C)c2C(=O)OCC)c(C)c2ccccc21. The number of fused-ring (bicyclic) bond motifs is 1. The summed E-state index contributed by atoms with van der Waals surface area (Å²) in [5, 5.41) is 6.57. The van der Waals surface area contributed by atoms with Crippen LogP contribution in [0.4, 0.5) is 5.00 Å². The van der Waals surface area contributed by atoms with E-state index in [4.69, 9.17) is 4.74 Å². The van der Waals surface area contributed by atoms with Crippen LogP contribution in [-0.2, 0) is 11.3 Å². The van der Waals surface area contributed by atoms with E-state index < -0.39 is 5.97 Å². The lowest BCUT2D eigenvalue weighted by atomic mass is 9.97. The number of anilines is 1. The third-order valence-electron chi connectivity index (χ3n) is 6.34. The second kappa shape index (κ2) is 10.5. The number of aryl methyl sites for hydroxylation is 4. The highest BCUT2D eigenvalue weighted by molar-refractivity contribution is 7.15. The molecule has 0 aliphatic rings.